The van der Waals surface area contributed by atoms with Crippen LogP contribution in [-0.2, 0) is 19.1 Å². The average Bonchev–Trinajstić information content (AvgIpc) is 3.33. The van der Waals surface area contributed by atoms with E-state index in [0.717, 1.165) is 44.9 Å². The maximum atomic E-state index is 13.4. The molecule has 5 aliphatic rings. The third kappa shape index (κ3) is 6.08. The number of aliphatic hydroxyl groups is 1. The maximum Gasteiger partial charge on any atom is 0.306 e. The number of hydrogen-bond donors (Lipinski definition) is 3. The van der Waals surface area contributed by atoms with Crippen molar-refractivity contribution in [3.63, 3.8) is 0 Å². The van der Waals surface area contributed by atoms with Crippen molar-refractivity contribution in [2.24, 2.45) is 62.1 Å². The van der Waals surface area contributed by atoms with E-state index >= 15 is 0 Å². The van der Waals surface area contributed by atoms with Crippen molar-refractivity contribution in [2.75, 3.05) is 6.61 Å². The number of esters is 1. The minimum atomic E-state index is -0.889. The Morgan fingerprint density at radius 3 is 2.21 bits per heavy atom. The number of rotatable bonds is 10. The highest BCUT2D eigenvalue weighted by Gasteiger charge is 2.71. The Labute approximate surface area is 290 Å². The molecule has 5 aliphatic carbocycles. The number of carbonyl (C=O) groups is 3. The molecule has 5 saturated carbocycles. The minimum absolute atomic E-state index is 0.000309. The molecule has 11 atom stereocenters. The lowest BCUT2D eigenvalue weighted by molar-refractivity contribution is -0.250. The van der Waals surface area contributed by atoms with Gasteiger partial charge < -0.3 is 20.3 Å². The van der Waals surface area contributed by atoms with Crippen LogP contribution in [0.25, 0.3) is 0 Å². The molecule has 0 aromatic rings. The monoisotopic (exact) mass is 669 g/mol. The van der Waals surface area contributed by atoms with Crippen molar-refractivity contribution in [2.45, 2.75) is 158 Å². The summed E-state index contributed by atoms with van der Waals surface area (Å²) in [5, 5.41) is 22.0. The van der Waals surface area contributed by atoms with Crippen LogP contribution < -0.4 is 5.32 Å². The number of aliphatic hydroxyl groups excluding tert-OH is 1. The second-order valence-electron chi connectivity index (χ2n) is 19.6. The van der Waals surface area contributed by atoms with Crippen LogP contribution in [0, 0.1) is 62.1 Å². The third-order valence-electron chi connectivity index (χ3n) is 15.9. The standard InChI is InChI=1S/C41H67NO6/c1-25(2)27-13-18-41(21-32(44)42-26(3)24-43)20-19-39(9)28(35(27)41)11-12-30-38(8)16-15-31(37(6,7)29(38)14-17-40(30,39)10)48-34(47)23-36(4,5)22-33(45)46/h26-31,35,43H,1,11-24H2,2-10H3,(H,42,44)(H,45,46)/t26?,27-,28+,29?,30?,31-,35?,38-,39+,40+,41+/m0/s1. The largest absolute Gasteiger partial charge is 0.481 e. The topological polar surface area (TPSA) is 113 Å². The molecule has 5 fully saturated rings. The zero-order chi connectivity index (χ0) is 35.7. The highest BCUT2D eigenvalue weighted by molar-refractivity contribution is 5.77. The van der Waals surface area contributed by atoms with Crippen LogP contribution in [0.1, 0.15) is 146 Å². The van der Waals surface area contributed by atoms with Crippen molar-refractivity contribution >= 4 is 17.8 Å². The number of carboxylic acids is 1. The highest BCUT2D eigenvalue weighted by Crippen LogP contribution is 2.78. The van der Waals surface area contributed by atoms with E-state index < -0.39 is 11.4 Å². The SMILES string of the molecule is C=C(C)[C@@H]1CC[C@]2(CC(=O)NC(C)CO)CC[C@]3(C)[C@H](CCC4[C@@]5(C)CC[C@H](OC(=O)CC(C)(C)CC(=O)O)C(C)(C)C5CC[C@]43C)C12. The molecular formula is C41H67NO6. The molecule has 4 unspecified atom stereocenters. The Morgan fingerprint density at radius 2 is 1.58 bits per heavy atom. The van der Waals surface area contributed by atoms with Crippen LogP contribution in [0.2, 0.25) is 0 Å². The van der Waals surface area contributed by atoms with E-state index in [-0.39, 0.29) is 70.5 Å². The molecule has 0 aromatic carbocycles. The second-order valence-corrected chi connectivity index (χ2v) is 19.6. The van der Waals surface area contributed by atoms with Crippen LogP contribution in [-0.4, -0.2) is 46.8 Å². The fourth-order valence-electron chi connectivity index (χ4n) is 13.5. The maximum absolute atomic E-state index is 13.4. The van der Waals surface area contributed by atoms with Gasteiger partial charge >= 0.3 is 11.9 Å². The summed E-state index contributed by atoms with van der Waals surface area (Å²) in [6.07, 6.45) is 11.5. The molecule has 0 aromatic heterocycles. The van der Waals surface area contributed by atoms with E-state index in [9.17, 15) is 24.6 Å². The van der Waals surface area contributed by atoms with Gasteiger partial charge in [0.2, 0.25) is 5.91 Å². The van der Waals surface area contributed by atoms with Crippen LogP contribution in [0.15, 0.2) is 12.2 Å². The second kappa shape index (κ2) is 12.7. The first-order valence-electron chi connectivity index (χ1n) is 19.1. The summed E-state index contributed by atoms with van der Waals surface area (Å²) < 4.78 is 6.25. The Bertz CT molecular complexity index is 1290. The molecule has 0 saturated heterocycles. The molecule has 0 spiro atoms. The van der Waals surface area contributed by atoms with E-state index in [0.29, 0.717) is 36.0 Å². The van der Waals surface area contributed by atoms with Gasteiger partial charge in [-0.25, -0.2) is 0 Å². The van der Waals surface area contributed by atoms with Gasteiger partial charge in [-0.05, 0) is 135 Å². The van der Waals surface area contributed by atoms with Crippen molar-refractivity contribution in [1.29, 1.82) is 0 Å². The number of hydrogen-bond acceptors (Lipinski definition) is 5. The first-order chi connectivity index (χ1) is 22.2. The van der Waals surface area contributed by atoms with Crippen molar-refractivity contribution in [3.05, 3.63) is 12.2 Å². The van der Waals surface area contributed by atoms with Gasteiger partial charge in [-0.2, -0.15) is 0 Å². The summed E-state index contributed by atoms with van der Waals surface area (Å²) in [6.45, 7) is 24.7. The molecule has 272 valence electrons. The lowest BCUT2D eigenvalue weighted by Crippen LogP contribution is -2.67. The van der Waals surface area contributed by atoms with Crippen LogP contribution in [0.5, 0.6) is 0 Å². The summed E-state index contributed by atoms with van der Waals surface area (Å²) >= 11 is 0. The number of amides is 1. The summed E-state index contributed by atoms with van der Waals surface area (Å²) in [5.74, 6) is 1.42. The van der Waals surface area contributed by atoms with Gasteiger partial charge in [0.05, 0.1) is 19.4 Å². The highest BCUT2D eigenvalue weighted by atomic mass is 16.5. The number of nitrogens with one attached hydrogen (secondary N) is 1. The van der Waals surface area contributed by atoms with E-state index in [2.05, 4.69) is 53.4 Å². The molecule has 48 heavy (non-hydrogen) atoms. The van der Waals surface area contributed by atoms with Gasteiger partial charge in [-0.15, -0.1) is 0 Å². The Balaban J connectivity index is 1.39. The predicted octanol–water partition coefficient (Wildman–Crippen LogP) is 8.33. The summed E-state index contributed by atoms with van der Waals surface area (Å²) in [7, 11) is 0. The third-order valence-corrected chi connectivity index (χ3v) is 15.9. The van der Waals surface area contributed by atoms with Gasteiger partial charge in [-0.1, -0.05) is 60.6 Å². The number of carboxylic acid groups (broad SMARTS) is 1. The van der Waals surface area contributed by atoms with Crippen LogP contribution >= 0.6 is 0 Å². The quantitative estimate of drug-likeness (QED) is 0.159. The molecule has 0 radical (unpaired) electrons. The molecule has 7 heteroatoms. The Morgan fingerprint density at radius 1 is 0.896 bits per heavy atom. The molecule has 0 bridgehead atoms. The van der Waals surface area contributed by atoms with Crippen molar-refractivity contribution in [1.82, 2.24) is 5.32 Å². The Hall–Kier alpha value is -1.89. The van der Waals surface area contributed by atoms with Gasteiger partial charge in [0.25, 0.3) is 0 Å². The normalized spacial score (nSPS) is 42.3. The average molecular weight is 670 g/mol. The van der Waals surface area contributed by atoms with Crippen LogP contribution in [0.3, 0.4) is 0 Å². The zero-order valence-electron chi connectivity index (χ0n) is 31.7. The minimum Gasteiger partial charge on any atom is -0.481 e. The lowest BCUT2D eigenvalue weighted by atomic mass is 9.32. The van der Waals surface area contributed by atoms with Gasteiger partial charge in [0, 0.05) is 17.9 Å². The summed E-state index contributed by atoms with van der Waals surface area (Å²) in [4.78, 5) is 37.9. The van der Waals surface area contributed by atoms with E-state index in [1.54, 1.807) is 0 Å². The molecule has 3 N–H and O–H groups in total. The van der Waals surface area contributed by atoms with E-state index in [1.807, 2.05) is 20.8 Å². The van der Waals surface area contributed by atoms with Crippen molar-refractivity contribution in [3.8, 4) is 0 Å². The molecule has 1 amide bonds. The molecule has 5 rings (SSSR count). The number of aliphatic carboxylic acids is 1. The summed E-state index contributed by atoms with van der Waals surface area (Å²) in [6, 6.07) is -0.225. The molecule has 7 nitrogen and oxygen atoms in total. The van der Waals surface area contributed by atoms with Gasteiger partial charge in [0.15, 0.2) is 0 Å². The smallest absolute Gasteiger partial charge is 0.306 e. The number of carbonyl (C=O) groups excluding carboxylic acids is 2. The number of fused-ring (bicyclic) bond motifs is 7. The molecular weight excluding hydrogens is 602 g/mol. The molecule has 0 heterocycles. The zero-order valence-corrected chi connectivity index (χ0v) is 31.7. The number of allylic oxidation sites excluding steroid dienone is 1. The Kier molecular flexibility index (Phi) is 9.89. The first-order valence-corrected chi connectivity index (χ1v) is 19.1. The van der Waals surface area contributed by atoms with Crippen molar-refractivity contribution < 1.29 is 29.3 Å². The van der Waals surface area contributed by atoms with E-state index in [1.165, 1.54) is 24.8 Å². The van der Waals surface area contributed by atoms with Gasteiger partial charge in [-0.3, -0.25) is 14.4 Å². The predicted molar refractivity (Wildman–Crippen MR) is 189 cm³/mol. The fraction of sp³-hybridized carbons (Fsp3) is 0.878. The van der Waals surface area contributed by atoms with E-state index in [4.69, 9.17) is 4.74 Å². The van der Waals surface area contributed by atoms with Crippen LogP contribution in [0.4, 0.5) is 0 Å². The summed E-state index contributed by atoms with van der Waals surface area (Å²) in [5.41, 5.74) is 0.972. The van der Waals surface area contributed by atoms with Gasteiger partial charge in [0.1, 0.15) is 6.10 Å². The lowest BCUT2D eigenvalue weighted by Gasteiger charge is -2.73. The first kappa shape index (κ1) is 37.4. The molecule has 0 aliphatic heterocycles. The fourth-order valence-corrected chi connectivity index (χ4v) is 13.5. The number of ether oxygens (including phenoxy) is 1.